The second-order valence-corrected chi connectivity index (χ2v) is 2.44. The van der Waals surface area contributed by atoms with Gasteiger partial charge in [-0.25, -0.2) is 0 Å². The Morgan fingerprint density at radius 2 is 1.53 bits per heavy atom. The van der Waals surface area contributed by atoms with Gasteiger partial charge in [0.1, 0.15) is 0 Å². The summed E-state index contributed by atoms with van der Waals surface area (Å²) in [6.07, 6.45) is 1.76. The molecule has 1 aliphatic rings. The van der Waals surface area contributed by atoms with Crippen molar-refractivity contribution in [2.75, 3.05) is 6.54 Å². The van der Waals surface area contributed by atoms with Crippen LogP contribution in [0.5, 0.6) is 0 Å². The van der Waals surface area contributed by atoms with E-state index in [4.69, 9.17) is 19.8 Å². The van der Waals surface area contributed by atoms with Crippen LogP contribution in [0.2, 0.25) is 0 Å². The summed E-state index contributed by atoms with van der Waals surface area (Å²) in [4.78, 5) is 27.9. The molecule has 0 aromatic carbocycles. The second kappa shape index (κ2) is 13.0. The Hall–Kier alpha value is -0.967. The van der Waals surface area contributed by atoms with Crippen LogP contribution in [-0.2, 0) is 33.9 Å². The van der Waals surface area contributed by atoms with Gasteiger partial charge in [0.25, 0.3) is 0 Å². The first kappa shape index (κ1) is 19.6. The summed E-state index contributed by atoms with van der Waals surface area (Å²) in [5.74, 6) is -1.96. The average Bonchev–Trinajstić information content (AvgIpc) is 2.36. The Labute approximate surface area is 101 Å². The molecule has 0 spiro atoms. The van der Waals surface area contributed by atoms with Crippen molar-refractivity contribution in [2.45, 2.75) is 26.7 Å². The van der Waals surface area contributed by atoms with Gasteiger partial charge in [-0.2, -0.15) is 0 Å². The summed E-state index contributed by atoms with van der Waals surface area (Å²) < 4.78 is 0. The molecule has 1 aliphatic heterocycles. The normalized spacial score (nSPS) is 11.7. The molecule has 0 bridgehead atoms. The first-order chi connectivity index (χ1) is 6.36. The molecule has 6 nitrogen and oxygen atoms in total. The Morgan fingerprint density at radius 3 is 1.60 bits per heavy atom. The zero-order chi connectivity index (χ0) is 11.6. The van der Waals surface area contributed by atoms with Crippen molar-refractivity contribution in [2.24, 2.45) is 0 Å². The van der Waals surface area contributed by atoms with Crippen molar-refractivity contribution in [3.63, 3.8) is 0 Å². The molecule has 7 heteroatoms. The molecule has 15 heavy (non-hydrogen) atoms. The van der Waals surface area contributed by atoms with E-state index in [0.717, 1.165) is 33.2 Å². The van der Waals surface area contributed by atoms with Crippen LogP contribution in [-0.4, -0.2) is 24.4 Å². The molecule has 1 N–H and O–H groups in total. The quantitative estimate of drug-likeness (QED) is 0.485. The molecule has 0 aliphatic carbocycles. The average molecular weight is 269 g/mol. The molecule has 0 saturated carbocycles. The van der Waals surface area contributed by atoms with E-state index in [9.17, 15) is 4.79 Å². The minimum absolute atomic E-state index is 0. The first-order valence-electron chi connectivity index (χ1n) is 3.98. The van der Waals surface area contributed by atoms with Gasteiger partial charge >= 0.3 is 19.5 Å². The van der Waals surface area contributed by atoms with Gasteiger partial charge in [-0.3, -0.25) is 4.79 Å². The van der Waals surface area contributed by atoms with Crippen LogP contribution in [0.3, 0.4) is 0 Å². The molecule has 0 aromatic heterocycles. The fourth-order valence-electron chi connectivity index (χ4n) is 0.565. The van der Waals surface area contributed by atoms with E-state index in [-0.39, 0.29) is 25.4 Å². The fraction of sp³-hybridized carbons (Fsp3) is 0.625. The molecule has 0 radical (unpaired) electrons. The summed E-state index contributed by atoms with van der Waals surface area (Å²) >= 11 is 0. The minimum atomic E-state index is -1.08. The number of carbonyl (C=O) groups is 3. The maximum atomic E-state index is 10.1. The van der Waals surface area contributed by atoms with Crippen LogP contribution >= 0.6 is 0 Å². The third kappa shape index (κ3) is 43.6. The van der Waals surface area contributed by atoms with E-state index in [1.807, 2.05) is 0 Å². The monoisotopic (exact) mass is 267 g/mol. The Kier molecular flexibility index (Phi) is 17.0. The van der Waals surface area contributed by atoms with Crippen molar-refractivity contribution in [1.82, 2.24) is 5.32 Å². The topological polar surface area (TPSA) is 109 Å². The molecular formula is C8H13NO5Zn. The summed E-state index contributed by atoms with van der Waals surface area (Å²) in [6, 6.07) is 0. The van der Waals surface area contributed by atoms with Gasteiger partial charge in [0.2, 0.25) is 5.91 Å². The Balaban J connectivity index is -0.000000145. The molecule has 1 amide bonds. The summed E-state index contributed by atoms with van der Waals surface area (Å²) in [7, 11) is 0. The van der Waals surface area contributed by atoms with Crippen LogP contribution in [0, 0.1) is 0 Å². The molecule has 0 unspecified atom stereocenters. The van der Waals surface area contributed by atoms with Crippen molar-refractivity contribution in [3.05, 3.63) is 0 Å². The van der Waals surface area contributed by atoms with Crippen LogP contribution < -0.4 is 15.5 Å². The van der Waals surface area contributed by atoms with E-state index < -0.39 is 11.9 Å². The van der Waals surface area contributed by atoms with Crippen LogP contribution in [0.4, 0.5) is 0 Å². The maximum absolute atomic E-state index is 10.1. The van der Waals surface area contributed by atoms with Crippen molar-refractivity contribution in [3.8, 4) is 0 Å². The smallest absolute Gasteiger partial charge is 0.550 e. The molecule has 82 valence electrons. The van der Waals surface area contributed by atoms with Crippen LogP contribution in [0.25, 0.3) is 0 Å². The summed E-state index contributed by atoms with van der Waals surface area (Å²) in [6.45, 7) is 2.83. The van der Waals surface area contributed by atoms with E-state index in [1.165, 1.54) is 0 Å². The van der Waals surface area contributed by atoms with E-state index in [0.29, 0.717) is 0 Å². The maximum Gasteiger partial charge on any atom is 2.00 e. The van der Waals surface area contributed by atoms with E-state index in [1.54, 1.807) is 0 Å². The number of carbonyl (C=O) groups excluding carboxylic acids is 3. The molecule has 1 saturated heterocycles. The standard InChI is InChI=1S/C4H7NO.2C2H4O2.Zn/c6-4-2-1-3-5-4;2*1-2(3)4;/h1-3H2,(H,5,6);2*1H3,(H,3,4);/q;;;+2/p-2. The SMILES string of the molecule is CC(=O)[O-].CC(=O)[O-].O=C1CCCN1.[Zn+2]. The van der Waals surface area contributed by atoms with E-state index in [2.05, 4.69) is 5.32 Å². The molecule has 1 rings (SSSR count). The number of carboxylic acids is 2. The summed E-state index contributed by atoms with van der Waals surface area (Å²) in [5.41, 5.74) is 0. The third-order valence-electron chi connectivity index (χ3n) is 0.903. The summed E-state index contributed by atoms with van der Waals surface area (Å²) in [5, 5.41) is 20.5. The number of aliphatic carboxylic acids is 2. The van der Waals surface area contributed by atoms with Gasteiger partial charge in [0.15, 0.2) is 0 Å². The fourth-order valence-corrected chi connectivity index (χ4v) is 0.565. The van der Waals surface area contributed by atoms with Gasteiger partial charge in [-0.15, -0.1) is 0 Å². The van der Waals surface area contributed by atoms with Crippen LogP contribution in [0.1, 0.15) is 26.7 Å². The molecule has 0 atom stereocenters. The van der Waals surface area contributed by atoms with Crippen LogP contribution in [0.15, 0.2) is 0 Å². The Bertz CT molecular complexity index is 179. The van der Waals surface area contributed by atoms with E-state index >= 15 is 0 Å². The second-order valence-electron chi connectivity index (χ2n) is 2.44. The zero-order valence-electron chi connectivity index (χ0n) is 8.87. The Morgan fingerprint density at radius 1 is 1.20 bits per heavy atom. The number of rotatable bonds is 0. The van der Waals surface area contributed by atoms with Crippen molar-refractivity contribution in [1.29, 1.82) is 0 Å². The third-order valence-corrected chi connectivity index (χ3v) is 0.903. The molecule has 0 aromatic rings. The molecule has 1 fully saturated rings. The zero-order valence-corrected chi connectivity index (χ0v) is 11.8. The van der Waals surface area contributed by atoms with Crippen molar-refractivity contribution < 1.29 is 44.1 Å². The largest absolute Gasteiger partial charge is 2.00 e. The number of hydrogen-bond acceptors (Lipinski definition) is 5. The molecule has 1 heterocycles. The predicted octanol–water partition coefficient (Wildman–Crippen LogP) is -2.59. The number of amides is 1. The van der Waals surface area contributed by atoms with Gasteiger partial charge < -0.3 is 25.1 Å². The van der Waals surface area contributed by atoms with Crippen molar-refractivity contribution >= 4 is 17.8 Å². The van der Waals surface area contributed by atoms with Gasteiger partial charge in [-0.05, 0) is 20.3 Å². The molecular weight excluding hydrogens is 255 g/mol. The van der Waals surface area contributed by atoms with Gasteiger partial charge in [0.05, 0.1) is 0 Å². The van der Waals surface area contributed by atoms with Gasteiger partial charge in [-0.1, -0.05) is 0 Å². The minimum Gasteiger partial charge on any atom is -0.550 e. The first-order valence-corrected chi connectivity index (χ1v) is 3.98. The number of nitrogens with one attached hydrogen (secondary N) is 1. The predicted molar refractivity (Wildman–Crippen MR) is 43.6 cm³/mol. The number of carboxylic acid groups (broad SMARTS) is 2. The number of hydrogen-bond donors (Lipinski definition) is 1. The van der Waals surface area contributed by atoms with Gasteiger partial charge in [0, 0.05) is 24.9 Å².